The van der Waals surface area contributed by atoms with Gasteiger partial charge in [-0.15, -0.1) is 0 Å². The van der Waals surface area contributed by atoms with Crippen molar-refractivity contribution in [2.75, 3.05) is 20.3 Å². The first-order valence-corrected chi connectivity index (χ1v) is 6.14. The Morgan fingerprint density at radius 1 is 1.19 bits per heavy atom. The average molecular weight is 295 g/mol. The Bertz CT molecular complexity index is 492. The number of ether oxygens (including phenoxy) is 1. The molecular weight excluding hydrogens is 278 g/mol. The van der Waals surface area contributed by atoms with Gasteiger partial charge in [0.1, 0.15) is 6.61 Å². The van der Waals surface area contributed by atoms with Crippen molar-refractivity contribution in [3.63, 3.8) is 0 Å². The van der Waals surface area contributed by atoms with E-state index in [4.69, 9.17) is 5.11 Å². The number of hydrogen-bond donors (Lipinski definition) is 4. The molecule has 8 nitrogen and oxygen atoms in total. The van der Waals surface area contributed by atoms with Crippen molar-refractivity contribution >= 4 is 17.9 Å². The lowest BCUT2D eigenvalue weighted by molar-refractivity contribution is -0.131. The van der Waals surface area contributed by atoms with Crippen molar-refractivity contribution < 1.29 is 24.2 Å². The molecule has 1 unspecified atom stereocenters. The Morgan fingerprint density at radius 3 is 2.43 bits per heavy atom. The van der Waals surface area contributed by atoms with Crippen molar-refractivity contribution in [1.29, 1.82) is 0 Å². The fourth-order valence-electron chi connectivity index (χ4n) is 1.62. The Balaban J connectivity index is 2.69. The van der Waals surface area contributed by atoms with Gasteiger partial charge in [-0.3, -0.25) is 20.4 Å². The summed E-state index contributed by atoms with van der Waals surface area (Å²) in [6.45, 7) is -0.297. The molecule has 8 heteroatoms. The molecule has 1 aromatic carbocycles. The van der Waals surface area contributed by atoms with Gasteiger partial charge in [-0.25, -0.2) is 4.79 Å². The van der Waals surface area contributed by atoms with Gasteiger partial charge in [-0.2, -0.15) is 0 Å². The number of methoxy groups -OCH3 is 1. The molecular formula is C13H17N3O5. The molecule has 4 N–H and O–H groups in total. The van der Waals surface area contributed by atoms with Crippen LogP contribution in [0.4, 0.5) is 4.79 Å². The number of hydrazine groups is 1. The summed E-state index contributed by atoms with van der Waals surface area (Å²) in [4.78, 5) is 33.9. The van der Waals surface area contributed by atoms with Crippen molar-refractivity contribution in [2.45, 2.75) is 5.92 Å². The van der Waals surface area contributed by atoms with Gasteiger partial charge in [-0.05, 0) is 5.56 Å². The van der Waals surface area contributed by atoms with Crippen LogP contribution in [0, 0.1) is 0 Å². The second-order valence-electron chi connectivity index (χ2n) is 4.12. The predicted molar refractivity (Wildman–Crippen MR) is 73.4 cm³/mol. The van der Waals surface area contributed by atoms with Crippen LogP contribution in [0.5, 0.6) is 0 Å². The van der Waals surface area contributed by atoms with E-state index in [0.29, 0.717) is 5.56 Å². The van der Waals surface area contributed by atoms with Crippen LogP contribution in [0.25, 0.3) is 0 Å². The fourth-order valence-corrected chi connectivity index (χ4v) is 1.62. The number of nitrogens with one attached hydrogen (secondary N) is 3. The van der Waals surface area contributed by atoms with Gasteiger partial charge in [0.05, 0.1) is 5.92 Å². The smallest absolute Gasteiger partial charge is 0.404 e. The number of rotatable bonds is 6. The molecule has 0 aromatic heterocycles. The highest BCUT2D eigenvalue weighted by Crippen LogP contribution is 2.14. The monoisotopic (exact) mass is 295 g/mol. The highest BCUT2D eigenvalue weighted by atomic mass is 16.5. The van der Waals surface area contributed by atoms with Gasteiger partial charge in [0, 0.05) is 13.7 Å². The molecule has 0 saturated heterocycles. The molecule has 0 bridgehead atoms. The van der Waals surface area contributed by atoms with E-state index in [1.165, 1.54) is 7.11 Å². The first kappa shape index (κ1) is 16.4. The maximum absolute atomic E-state index is 12.1. The first-order chi connectivity index (χ1) is 10.0. The third-order valence-electron chi connectivity index (χ3n) is 2.58. The molecule has 3 amide bonds. The largest absolute Gasteiger partial charge is 0.465 e. The van der Waals surface area contributed by atoms with Gasteiger partial charge >= 0.3 is 6.09 Å². The summed E-state index contributed by atoms with van der Waals surface area (Å²) in [5.41, 5.74) is 5.05. The second-order valence-corrected chi connectivity index (χ2v) is 4.12. The molecule has 0 aliphatic rings. The number of benzene rings is 1. The second kappa shape index (κ2) is 8.54. The molecule has 0 fully saturated rings. The molecule has 0 aliphatic heterocycles. The lowest BCUT2D eigenvalue weighted by Crippen LogP contribution is -2.47. The molecule has 1 atom stereocenters. The van der Waals surface area contributed by atoms with Crippen LogP contribution in [0.2, 0.25) is 0 Å². The standard InChI is InChI=1S/C13H17N3O5/c1-21-8-11(17)15-16-12(18)10(7-14-13(19)20)9-5-3-2-4-6-9/h2-6,10,14H,7-8H2,1H3,(H,15,17)(H,16,18)(H,19,20). The van der Waals surface area contributed by atoms with E-state index >= 15 is 0 Å². The minimum atomic E-state index is -1.23. The first-order valence-electron chi connectivity index (χ1n) is 6.14. The summed E-state index contributed by atoms with van der Waals surface area (Å²) in [5.74, 6) is -1.80. The highest BCUT2D eigenvalue weighted by Gasteiger charge is 2.21. The van der Waals surface area contributed by atoms with Gasteiger partial charge < -0.3 is 15.2 Å². The lowest BCUT2D eigenvalue weighted by Gasteiger charge is -2.17. The summed E-state index contributed by atoms with van der Waals surface area (Å²) in [6, 6.07) is 8.65. The van der Waals surface area contributed by atoms with Gasteiger partial charge in [-0.1, -0.05) is 30.3 Å². The predicted octanol–water partition coefficient (Wildman–Crippen LogP) is -0.168. The molecule has 1 rings (SSSR count). The van der Waals surface area contributed by atoms with Crippen LogP contribution in [-0.4, -0.2) is 43.3 Å². The SMILES string of the molecule is COCC(=O)NNC(=O)C(CNC(=O)O)c1ccccc1. The minimum absolute atomic E-state index is 0.106. The van der Waals surface area contributed by atoms with E-state index in [0.717, 1.165) is 0 Å². The van der Waals surface area contributed by atoms with Crippen molar-refractivity contribution in [2.24, 2.45) is 0 Å². The van der Waals surface area contributed by atoms with Gasteiger partial charge in [0.2, 0.25) is 5.91 Å². The van der Waals surface area contributed by atoms with Gasteiger partial charge in [0.15, 0.2) is 0 Å². The third kappa shape index (κ3) is 5.91. The zero-order valence-corrected chi connectivity index (χ0v) is 11.5. The van der Waals surface area contributed by atoms with Crippen molar-refractivity contribution in [1.82, 2.24) is 16.2 Å². The quantitative estimate of drug-likeness (QED) is 0.544. The summed E-state index contributed by atoms with van der Waals surface area (Å²) < 4.78 is 4.61. The number of carbonyl (C=O) groups excluding carboxylic acids is 2. The fraction of sp³-hybridized carbons (Fsp3) is 0.308. The number of carboxylic acid groups (broad SMARTS) is 1. The Morgan fingerprint density at radius 2 is 1.86 bits per heavy atom. The maximum atomic E-state index is 12.1. The topological polar surface area (TPSA) is 117 Å². The highest BCUT2D eigenvalue weighted by molar-refractivity contribution is 5.87. The van der Waals surface area contributed by atoms with E-state index in [1.54, 1.807) is 30.3 Å². The van der Waals surface area contributed by atoms with E-state index in [1.807, 2.05) is 0 Å². The number of amides is 3. The lowest BCUT2D eigenvalue weighted by atomic mass is 9.98. The minimum Gasteiger partial charge on any atom is -0.465 e. The molecule has 0 heterocycles. The van der Waals surface area contributed by atoms with Crippen LogP contribution >= 0.6 is 0 Å². The number of carbonyl (C=O) groups is 3. The van der Waals surface area contributed by atoms with Crippen LogP contribution < -0.4 is 16.2 Å². The maximum Gasteiger partial charge on any atom is 0.404 e. The normalized spacial score (nSPS) is 11.3. The van der Waals surface area contributed by atoms with E-state index in [9.17, 15) is 14.4 Å². The summed E-state index contributed by atoms with van der Waals surface area (Å²) in [7, 11) is 1.35. The average Bonchev–Trinajstić information content (AvgIpc) is 2.46. The molecule has 114 valence electrons. The molecule has 1 aromatic rings. The third-order valence-corrected chi connectivity index (χ3v) is 2.58. The van der Waals surface area contributed by atoms with E-state index in [2.05, 4.69) is 20.9 Å². The van der Waals surface area contributed by atoms with Crippen molar-refractivity contribution in [3.05, 3.63) is 35.9 Å². The van der Waals surface area contributed by atoms with Crippen LogP contribution in [0.3, 0.4) is 0 Å². The van der Waals surface area contributed by atoms with E-state index in [-0.39, 0.29) is 13.2 Å². The Labute approximate surface area is 121 Å². The van der Waals surface area contributed by atoms with E-state index < -0.39 is 23.8 Å². The molecule has 0 saturated carbocycles. The molecule has 0 spiro atoms. The molecule has 21 heavy (non-hydrogen) atoms. The summed E-state index contributed by atoms with van der Waals surface area (Å²) >= 11 is 0. The van der Waals surface area contributed by atoms with Crippen LogP contribution in [0.1, 0.15) is 11.5 Å². The van der Waals surface area contributed by atoms with Crippen LogP contribution in [0.15, 0.2) is 30.3 Å². The molecule has 0 radical (unpaired) electrons. The summed E-state index contributed by atoms with van der Waals surface area (Å²) in [5, 5.41) is 10.8. The Hall–Kier alpha value is -2.61. The van der Waals surface area contributed by atoms with Crippen molar-refractivity contribution in [3.8, 4) is 0 Å². The van der Waals surface area contributed by atoms with Gasteiger partial charge in [0.25, 0.3) is 5.91 Å². The number of hydrogen-bond acceptors (Lipinski definition) is 4. The summed E-state index contributed by atoms with van der Waals surface area (Å²) in [6.07, 6.45) is -1.23. The zero-order valence-electron chi connectivity index (χ0n) is 11.5. The Kier molecular flexibility index (Phi) is 6.69. The zero-order chi connectivity index (χ0) is 15.7. The van der Waals surface area contributed by atoms with Crippen LogP contribution in [-0.2, 0) is 14.3 Å². The molecule has 0 aliphatic carbocycles.